The van der Waals surface area contributed by atoms with Gasteiger partial charge in [-0.05, 0) is 30.9 Å². The van der Waals surface area contributed by atoms with E-state index in [1.807, 2.05) is 22.9 Å². The van der Waals surface area contributed by atoms with E-state index in [4.69, 9.17) is 0 Å². The van der Waals surface area contributed by atoms with Crippen molar-refractivity contribution in [2.45, 2.75) is 32.1 Å². The van der Waals surface area contributed by atoms with E-state index in [1.54, 1.807) is 0 Å². The van der Waals surface area contributed by atoms with Crippen LogP contribution in [0.2, 0.25) is 0 Å². The molecule has 0 bridgehead atoms. The molecule has 3 rings (SSSR count). The van der Waals surface area contributed by atoms with Crippen LogP contribution >= 0.6 is 0 Å². The summed E-state index contributed by atoms with van der Waals surface area (Å²) in [5.74, 6) is 0.449. The second kappa shape index (κ2) is 4.37. The number of nitrogens with zero attached hydrogens (tertiary/aromatic N) is 3. The Morgan fingerprint density at radius 2 is 2.17 bits per heavy atom. The zero-order valence-corrected chi connectivity index (χ0v) is 10.3. The molecule has 0 unspecified atom stereocenters. The standard InChI is InChI=1S/C14H15N3O/c1-2-10-5-3-4-6-13(10)17-14(11-7-8-11)12(9-18)15-16-17/h3-6,9,11H,2,7-8H2,1H3. The van der Waals surface area contributed by atoms with Crippen LogP contribution in [0, 0.1) is 0 Å². The van der Waals surface area contributed by atoms with Crippen LogP contribution in [0.3, 0.4) is 0 Å². The number of para-hydroxylation sites is 1. The monoisotopic (exact) mass is 241 g/mol. The van der Waals surface area contributed by atoms with Crippen molar-refractivity contribution in [1.82, 2.24) is 15.0 Å². The number of hydrogen-bond acceptors (Lipinski definition) is 3. The Labute approximate surface area is 106 Å². The van der Waals surface area contributed by atoms with Crippen LogP contribution in [0.5, 0.6) is 0 Å². The van der Waals surface area contributed by atoms with E-state index in [-0.39, 0.29) is 0 Å². The second-order valence-corrected chi connectivity index (χ2v) is 4.65. The predicted molar refractivity (Wildman–Crippen MR) is 68.1 cm³/mol. The topological polar surface area (TPSA) is 47.8 Å². The molecular weight excluding hydrogens is 226 g/mol. The van der Waals surface area contributed by atoms with E-state index in [0.29, 0.717) is 11.6 Å². The number of aryl methyl sites for hydroxylation is 1. The van der Waals surface area contributed by atoms with Crippen LogP contribution in [0.4, 0.5) is 0 Å². The first-order valence-electron chi connectivity index (χ1n) is 6.34. The fourth-order valence-corrected chi connectivity index (χ4v) is 2.32. The summed E-state index contributed by atoms with van der Waals surface area (Å²) in [6, 6.07) is 8.15. The molecule has 1 aromatic carbocycles. The average molecular weight is 241 g/mol. The highest BCUT2D eigenvalue weighted by Gasteiger charge is 2.31. The van der Waals surface area contributed by atoms with Crippen LogP contribution in [0.15, 0.2) is 24.3 Å². The van der Waals surface area contributed by atoms with E-state index < -0.39 is 0 Å². The van der Waals surface area contributed by atoms with Crippen molar-refractivity contribution < 1.29 is 4.79 Å². The molecule has 2 aromatic rings. The first-order chi connectivity index (χ1) is 8.85. The summed E-state index contributed by atoms with van der Waals surface area (Å²) in [4.78, 5) is 11.0. The molecule has 0 amide bonds. The molecule has 1 fully saturated rings. The molecule has 1 aliphatic carbocycles. The van der Waals surface area contributed by atoms with Gasteiger partial charge in [0.05, 0.1) is 11.4 Å². The lowest BCUT2D eigenvalue weighted by molar-refractivity contribution is 0.111. The highest BCUT2D eigenvalue weighted by molar-refractivity contribution is 5.74. The first kappa shape index (κ1) is 11.1. The van der Waals surface area contributed by atoms with Gasteiger partial charge in [0, 0.05) is 5.92 Å². The Kier molecular flexibility index (Phi) is 2.70. The quantitative estimate of drug-likeness (QED) is 0.773. The number of benzene rings is 1. The van der Waals surface area contributed by atoms with Gasteiger partial charge in [-0.3, -0.25) is 4.79 Å². The highest BCUT2D eigenvalue weighted by atomic mass is 16.1. The third-order valence-electron chi connectivity index (χ3n) is 3.41. The van der Waals surface area contributed by atoms with Crippen molar-refractivity contribution >= 4 is 6.29 Å². The molecule has 1 aromatic heterocycles. The Morgan fingerprint density at radius 3 is 2.83 bits per heavy atom. The third-order valence-corrected chi connectivity index (χ3v) is 3.41. The zero-order chi connectivity index (χ0) is 12.5. The Balaban J connectivity index is 2.16. The molecule has 4 nitrogen and oxygen atoms in total. The summed E-state index contributed by atoms with van der Waals surface area (Å²) in [6.07, 6.45) is 4.01. The number of hydrogen-bond donors (Lipinski definition) is 0. The minimum absolute atomic E-state index is 0.449. The van der Waals surface area contributed by atoms with E-state index in [0.717, 1.165) is 36.9 Å². The van der Waals surface area contributed by atoms with Crippen molar-refractivity contribution in [3.05, 3.63) is 41.2 Å². The van der Waals surface area contributed by atoms with Gasteiger partial charge in [-0.2, -0.15) is 0 Å². The molecule has 0 radical (unpaired) electrons. The smallest absolute Gasteiger partial charge is 0.172 e. The Bertz CT molecular complexity index is 584. The van der Waals surface area contributed by atoms with Crippen LogP contribution in [0.25, 0.3) is 5.69 Å². The van der Waals surface area contributed by atoms with Gasteiger partial charge in [0.2, 0.25) is 0 Å². The molecule has 0 spiro atoms. The lowest BCUT2D eigenvalue weighted by atomic mass is 10.1. The van der Waals surface area contributed by atoms with Crippen molar-refractivity contribution in [3.63, 3.8) is 0 Å². The average Bonchev–Trinajstić information content (AvgIpc) is 3.17. The molecule has 0 saturated heterocycles. The molecular formula is C14H15N3O. The lowest BCUT2D eigenvalue weighted by Crippen LogP contribution is -2.05. The second-order valence-electron chi connectivity index (χ2n) is 4.65. The van der Waals surface area contributed by atoms with Crippen LogP contribution in [-0.4, -0.2) is 21.3 Å². The van der Waals surface area contributed by atoms with Gasteiger partial charge in [0.25, 0.3) is 0 Å². The van der Waals surface area contributed by atoms with Gasteiger partial charge in [0.1, 0.15) is 5.69 Å². The van der Waals surface area contributed by atoms with Crippen molar-refractivity contribution in [2.24, 2.45) is 0 Å². The minimum Gasteiger partial charge on any atom is -0.296 e. The molecule has 0 N–H and O–H groups in total. The number of carbonyl (C=O) groups is 1. The summed E-state index contributed by atoms with van der Waals surface area (Å²) in [6.45, 7) is 2.12. The maximum Gasteiger partial charge on any atom is 0.172 e. The van der Waals surface area contributed by atoms with Gasteiger partial charge >= 0.3 is 0 Å². The fraction of sp³-hybridized carbons (Fsp3) is 0.357. The van der Waals surface area contributed by atoms with Crippen LogP contribution < -0.4 is 0 Å². The Morgan fingerprint density at radius 1 is 1.39 bits per heavy atom. The van der Waals surface area contributed by atoms with Gasteiger partial charge in [-0.15, -0.1) is 5.10 Å². The molecule has 0 atom stereocenters. The molecule has 18 heavy (non-hydrogen) atoms. The Hall–Kier alpha value is -1.97. The van der Waals surface area contributed by atoms with Gasteiger partial charge in [-0.1, -0.05) is 30.3 Å². The number of carbonyl (C=O) groups excluding carboxylic acids is 1. The van der Waals surface area contributed by atoms with E-state index in [9.17, 15) is 4.79 Å². The lowest BCUT2D eigenvalue weighted by Gasteiger charge is -2.10. The fourth-order valence-electron chi connectivity index (χ4n) is 2.32. The van der Waals surface area contributed by atoms with Gasteiger partial charge in [-0.25, -0.2) is 4.68 Å². The minimum atomic E-state index is 0.449. The zero-order valence-electron chi connectivity index (χ0n) is 10.3. The van der Waals surface area contributed by atoms with E-state index in [2.05, 4.69) is 23.3 Å². The molecule has 92 valence electrons. The van der Waals surface area contributed by atoms with E-state index in [1.165, 1.54) is 5.56 Å². The first-order valence-corrected chi connectivity index (χ1v) is 6.34. The number of aromatic nitrogens is 3. The molecule has 4 heteroatoms. The highest BCUT2D eigenvalue weighted by Crippen LogP contribution is 2.41. The maximum atomic E-state index is 11.0. The van der Waals surface area contributed by atoms with Crippen molar-refractivity contribution in [3.8, 4) is 5.69 Å². The third kappa shape index (κ3) is 1.74. The summed E-state index contributed by atoms with van der Waals surface area (Å²) in [7, 11) is 0. The van der Waals surface area contributed by atoms with Crippen LogP contribution in [0.1, 0.15) is 47.4 Å². The SMILES string of the molecule is CCc1ccccc1-n1nnc(C=O)c1C1CC1. The predicted octanol–water partition coefficient (Wildman–Crippen LogP) is 2.52. The van der Waals surface area contributed by atoms with Gasteiger partial charge in [0.15, 0.2) is 6.29 Å². The number of rotatable bonds is 4. The van der Waals surface area contributed by atoms with Crippen molar-refractivity contribution in [2.75, 3.05) is 0 Å². The van der Waals surface area contributed by atoms with Crippen LogP contribution in [-0.2, 0) is 6.42 Å². The molecule has 0 aliphatic heterocycles. The normalized spacial score (nSPS) is 14.7. The largest absolute Gasteiger partial charge is 0.296 e. The molecule has 1 aliphatic rings. The summed E-state index contributed by atoms with van der Waals surface area (Å²) in [5, 5.41) is 8.16. The summed E-state index contributed by atoms with van der Waals surface area (Å²) >= 11 is 0. The number of aldehydes is 1. The maximum absolute atomic E-state index is 11.0. The molecule has 1 saturated carbocycles. The summed E-state index contributed by atoms with van der Waals surface area (Å²) in [5.41, 5.74) is 3.73. The summed E-state index contributed by atoms with van der Waals surface area (Å²) < 4.78 is 1.85. The van der Waals surface area contributed by atoms with Crippen molar-refractivity contribution in [1.29, 1.82) is 0 Å². The van der Waals surface area contributed by atoms with Gasteiger partial charge < -0.3 is 0 Å². The molecule has 1 heterocycles. The van der Waals surface area contributed by atoms with E-state index >= 15 is 0 Å².